The maximum absolute atomic E-state index is 5.13. The molecule has 1 aromatic rings. The van der Waals surface area contributed by atoms with Crippen LogP contribution in [0.25, 0.3) is 0 Å². The second-order valence-electron chi connectivity index (χ2n) is 1.68. The lowest BCUT2D eigenvalue weighted by molar-refractivity contribution is -0.682. The van der Waals surface area contributed by atoms with E-state index in [4.69, 9.17) is 6.42 Å². The van der Waals surface area contributed by atoms with Crippen molar-refractivity contribution in [2.24, 2.45) is 5.10 Å². The van der Waals surface area contributed by atoms with Gasteiger partial charge in [0.05, 0.1) is 6.72 Å². The molecule has 10 heavy (non-hydrogen) atoms. The van der Waals surface area contributed by atoms with Crippen molar-refractivity contribution in [1.29, 1.82) is 0 Å². The van der Waals surface area contributed by atoms with Gasteiger partial charge >= 0.3 is 0 Å². The number of aromatic nitrogens is 1. The fourth-order valence-corrected chi connectivity index (χ4v) is 0.582. The van der Waals surface area contributed by atoms with E-state index >= 15 is 0 Å². The molecule has 0 aliphatic heterocycles. The first-order valence-electron chi connectivity index (χ1n) is 2.74. The van der Waals surface area contributed by atoms with Crippen LogP contribution < -0.4 is 4.68 Å². The molecule has 0 spiro atoms. The normalized spacial score (nSPS) is 8.30. The molecule has 0 saturated heterocycles. The zero-order valence-corrected chi connectivity index (χ0v) is 5.41. The van der Waals surface area contributed by atoms with Gasteiger partial charge in [-0.2, -0.15) is 4.68 Å². The van der Waals surface area contributed by atoms with E-state index in [0.717, 1.165) is 5.56 Å². The van der Waals surface area contributed by atoms with E-state index in [1.165, 1.54) is 4.68 Å². The molecule has 0 aromatic carbocycles. The molecule has 0 N–H and O–H groups in total. The molecule has 1 heterocycles. The van der Waals surface area contributed by atoms with E-state index in [1.807, 2.05) is 0 Å². The average molecular weight is 130 g/mol. The zero-order valence-electron chi connectivity index (χ0n) is 5.41. The Balaban J connectivity index is 3.13. The molecule has 2 nitrogen and oxygen atoms in total. The summed E-state index contributed by atoms with van der Waals surface area (Å²) < 4.78 is 1.44. The summed E-state index contributed by atoms with van der Waals surface area (Å²) in [5, 5.41) is 3.59. The van der Waals surface area contributed by atoms with Crippen molar-refractivity contribution < 1.29 is 4.68 Å². The highest BCUT2D eigenvalue weighted by Gasteiger charge is 1.85. The van der Waals surface area contributed by atoms with Crippen LogP contribution in [0, 0.1) is 18.5 Å². The van der Waals surface area contributed by atoms with Crippen LogP contribution in [0.4, 0.5) is 0 Å². The largest absolute Gasteiger partial charge is 0.164 e. The van der Waals surface area contributed by atoms with Crippen molar-refractivity contribution in [3.63, 3.8) is 0 Å². The number of rotatable bonds is 1. The van der Waals surface area contributed by atoms with Crippen LogP contribution in [0.5, 0.6) is 0 Å². The van der Waals surface area contributed by atoms with Gasteiger partial charge in [-0.3, -0.25) is 0 Å². The summed E-state index contributed by atoms with van der Waals surface area (Å²) in [5.41, 5.74) is 0.770. The third-order valence-corrected chi connectivity index (χ3v) is 1.05. The Morgan fingerprint density at radius 2 is 2.60 bits per heavy atom. The molecular formula is C8H6N2. The van der Waals surface area contributed by atoms with Crippen molar-refractivity contribution in [3.8, 4) is 12.3 Å². The summed E-state index contributed by atoms with van der Waals surface area (Å²) in [5.74, 6) is 2.47. The van der Waals surface area contributed by atoms with Gasteiger partial charge in [-0.15, -0.1) is 18.6 Å². The maximum atomic E-state index is 5.13. The molecule has 0 amide bonds. The van der Waals surface area contributed by atoms with Crippen molar-refractivity contribution in [2.45, 2.75) is 0 Å². The molecule has 0 aliphatic rings. The number of pyridine rings is 1. The van der Waals surface area contributed by atoms with E-state index in [2.05, 4.69) is 23.9 Å². The number of nitrogens with zero attached hydrogens (tertiary/aromatic N) is 2. The molecule has 0 saturated carbocycles. The number of hydrogen-bond acceptors (Lipinski definition) is 1. The molecular weight excluding hydrogens is 124 g/mol. The average Bonchev–Trinajstić information content (AvgIpc) is 2.05. The fraction of sp³-hybridized carbons (Fsp3) is 0. The van der Waals surface area contributed by atoms with Gasteiger partial charge in [0.1, 0.15) is 12.4 Å². The Kier molecular flexibility index (Phi) is 1.81. The summed E-state index contributed by atoms with van der Waals surface area (Å²) in [4.78, 5) is 0. The van der Waals surface area contributed by atoms with E-state index in [-0.39, 0.29) is 0 Å². The molecule has 0 aliphatic carbocycles. The van der Waals surface area contributed by atoms with E-state index < -0.39 is 0 Å². The second-order valence-corrected chi connectivity index (χ2v) is 1.68. The minimum atomic E-state index is 0.770. The number of hydrogen-bond donors (Lipinski definition) is 0. The summed E-state index contributed by atoms with van der Waals surface area (Å²) in [7, 11) is 0. The highest BCUT2D eigenvalue weighted by atomic mass is 15.3. The minimum absolute atomic E-state index is 0.770. The minimum Gasteiger partial charge on any atom is -0.164 e. The highest BCUT2D eigenvalue weighted by molar-refractivity contribution is 5.26. The Labute approximate surface area is 59.8 Å². The third-order valence-electron chi connectivity index (χ3n) is 1.05. The maximum Gasteiger partial charge on any atom is 0.148 e. The van der Waals surface area contributed by atoms with Gasteiger partial charge in [0.2, 0.25) is 0 Å². The summed E-state index contributed by atoms with van der Waals surface area (Å²) >= 11 is 0. The van der Waals surface area contributed by atoms with Crippen LogP contribution in [0.2, 0.25) is 0 Å². The molecule has 0 fully saturated rings. The predicted octanol–water partition coefficient (Wildman–Crippen LogP) is 0.219. The Bertz CT molecular complexity index is 284. The van der Waals surface area contributed by atoms with Crippen LogP contribution >= 0.6 is 0 Å². The van der Waals surface area contributed by atoms with Gasteiger partial charge in [0.25, 0.3) is 0 Å². The second kappa shape index (κ2) is 2.79. The Hall–Kier alpha value is -1.62. The first kappa shape index (κ1) is 6.50. The van der Waals surface area contributed by atoms with Crippen LogP contribution in [-0.2, 0) is 0 Å². The van der Waals surface area contributed by atoms with Gasteiger partial charge in [0.15, 0.2) is 0 Å². The third kappa shape index (κ3) is 1.20. The molecule has 48 valence electrons. The van der Waals surface area contributed by atoms with Crippen LogP contribution in [0.1, 0.15) is 5.56 Å². The smallest absolute Gasteiger partial charge is 0.148 e. The first-order chi connectivity index (χ1) is 4.86. The summed E-state index contributed by atoms with van der Waals surface area (Å²) in [6.07, 6.45) is 9.59. The van der Waals surface area contributed by atoms with Crippen LogP contribution in [0.15, 0.2) is 23.4 Å². The van der Waals surface area contributed by atoms with Crippen molar-refractivity contribution >= 4 is 6.72 Å². The van der Waals surface area contributed by atoms with Crippen LogP contribution in [0.3, 0.4) is 0 Å². The molecule has 1 rings (SSSR count). The quantitative estimate of drug-likeness (QED) is 0.224. The standard InChI is InChI=1S/C8H6N2/c1-3-8-5-4-6-10(7-8)9-2/h1,4-5,7H,2H2. The lowest BCUT2D eigenvalue weighted by atomic mass is 10.3. The molecule has 2 heteroatoms. The summed E-state index contributed by atoms with van der Waals surface area (Å²) in [6.45, 7) is 3.32. The summed E-state index contributed by atoms with van der Waals surface area (Å²) in [6, 6.07) is 3.48. The molecule has 0 unspecified atom stereocenters. The monoisotopic (exact) mass is 130 g/mol. The molecule has 1 aromatic heterocycles. The Morgan fingerprint density at radius 1 is 1.80 bits per heavy atom. The van der Waals surface area contributed by atoms with E-state index in [1.54, 1.807) is 18.3 Å². The zero-order chi connectivity index (χ0) is 7.40. The van der Waals surface area contributed by atoms with Crippen LogP contribution in [-0.4, -0.2) is 6.72 Å². The van der Waals surface area contributed by atoms with Crippen molar-refractivity contribution in [2.75, 3.05) is 0 Å². The van der Waals surface area contributed by atoms with E-state index in [9.17, 15) is 0 Å². The number of terminal acetylenes is 1. The van der Waals surface area contributed by atoms with Crippen molar-refractivity contribution in [1.82, 2.24) is 0 Å². The molecule has 0 atom stereocenters. The Morgan fingerprint density at radius 3 is 3.20 bits per heavy atom. The van der Waals surface area contributed by atoms with Gasteiger partial charge in [-0.1, -0.05) is 5.92 Å². The molecule has 0 bridgehead atoms. The van der Waals surface area contributed by atoms with Crippen molar-refractivity contribution in [3.05, 3.63) is 30.1 Å². The van der Waals surface area contributed by atoms with Gasteiger partial charge in [-0.25, -0.2) is 0 Å². The SMILES string of the molecule is C#Cc1cc[c-][n+](N=C)c1. The topological polar surface area (TPSA) is 16.2 Å². The predicted molar refractivity (Wildman–Crippen MR) is 38.4 cm³/mol. The fourth-order valence-electron chi connectivity index (χ4n) is 0.582. The first-order valence-corrected chi connectivity index (χ1v) is 2.74. The van der Waals surface area contributed by atoms with Gasteiger partial charge in [0, 0.05) is 0 Å². The highest BCUT2D eigenvalue weighted by Crippen LogP contribution is 1.88. The molecule has 0 radical (unpaired) electrons. The lowest BCUT2D eigenvalue weighted by Gasteiger charge is -1.92. The van der Waals surface area contributed by atoms with Gasteiger partial charge < -0.3 is 0 Å². The van der Waals surface area contributed by atoms with E-state index in [0.29, 0.717) is 0 Å². The lowest BCUT2D eigenvalue weighted by Crippen LogP contribution is -2.26. The van der Waals surface area contributed by atoms with Gasteiger partial charge in [-0.05, 0) is 10.7 Å².